The summed E-state index contributed by atoms with van der Waals surface area (Å²) in [5.74, 6) is -0.780. The molecule has 0 unspecified atom stereocenters. The van der Waals surface area contributed by atoms with Crippen molar-refractivity contribution in [1.29, 1.82) is 0 Å². The molecule has 1 aliphatic heterocycles. The summed E-state index contributed by atoms with van der Waals surface area (Å²) in [6.45, 7) is 5.21. The Hall–Kier alpha value is -2.08. The highest BCUT2D eigenvalue weighted by molar-refractivity contribution is 6.30. The number of nitrogens with one attached hydrogen (secondary N) is 2. The minimum atomic E-state index is -0.587. The number of likely N-dealkylation sites (tertiary alicyclic amines) is 1. The van der Waals surface area contributed by atoms with Crippen molar-refractivity contribution in [2.75, 3.05) is 19.6 Å². The number of carbonyl (C=O) groups excluding carboxylic acids is 3. The second-order valence-corrected chi connectivity index (χ2v) is 7.05. The molecule has 0 bridgehead atoms. The molecule has 2 N–H and O–H groups in total. The third-order valence-electron chi connectivity index (χ3n) is 4.47. The molecule has 7 heteroatoms. The molecular weight excluding hydrogens is 354 g/mol. The summed E-state index contributed by atoms with van der Waals surface area (Å²) in [6.07, 6.45) is 2.31. The summed E-state index contributed by atoms with van der Waals surface area (Å²) in [5, 5.41) is 6.10. The first kappa shape index (κ1) is 20.2. The molecule has 26 heavy (non-hydrogen) atoms. The Morgan fingerprint density at radius 1 is 1.27 bits per heavy atom. The highest BCUT2D eigenvalue weighted by Gasteiger charge is 2.30. The molecule has 3 amide bonds. The number of hydrogen-bond acceptors (Lipinski definition) is 3. The van der Waals surface area contributed by atoms with E-state index in [1.807, 2.05) is 6.92 Å². The molecule has 1 saturated heterocycles. The van der Waals surface area contributed by atoms with Gasteiger partial charge < -0.3 is 15.5 Å². The van der Waals surface area contributed by atoms with E-state index in [9.17, 15) is 14.4 Å². The van der Waals surface area contributed by atoms with Crippen molar-refractivity contribution in [1.82, 2.24) is 15.5 Å². The second-order valence-electron chi connectivity index (χ2n) is 6.62. The van der Waals surface area contributed by atoms with E-state index < -0.39 is 6.04 Å². The Labute approximate surface area is 159 Å². The van der Waals surface area contributed by atoms with Gasteiger partial charge in [-0.3, -0.25) is 14.4 Å². The van der Waals surface area contributed by atoms with Gasteiger partial charge in [0.1, 0.15) is 6.04 Å². The highest BCUT2D eigenvalue weighted by atomic mass is 35.5. The molecule has 1 heterocycles. The van der Waals surface area contributed by atoms with Crippen LogP contribution in [-0.2, 0) is 9.59 Å². The maximum atomic E-state index is 12.6. The fourth-order valence-corrected chi connectivity index (χ4v) is 3.07. The molecule has 1 aromatic carbocycles. The van der Waals surface area contributed by atoms with Gasteiger partial charge in [0.05, 0.1) is 5.92 Å². The predicted molar refractivity (Wildman–Crippen MR) is 101 cm³/mol. The smallest absolute Gasteiger partial charge is 0.253 e. The molecular formula is C19H26ClN3O3. The fraction of sp³-hybridized carbons (Fsp3) is 0.526. The summed E-state index contributed by atoms with van der Waals surface area (Å²) >= 11 is 5.86. The number of amides is 3. The van der Waals surface area contributed by atoms with Crippen molar-refractivity contribution in [3.8, 4) is 0 Å². The van der Waals surface area contributed by atoms with Gasteiger partial charge in [0.25, 0.3) is 5.91 Å². The van der Waals surface area contributed by atoms with Gasteiger partial charge >= 0.3 is 0 Å². The lowest BCUT2D eigenvalue weighted by molar-refractivity contribution is -0.131. The van der Waals surface area contributed by atoms with Crippen LogP contribution in [0.4, 0.5) is 0 Å². The zero-order valence-corrected chi connectivity index (χ0v) is 16.0. The molecule has 0 saturated carbocycles. The van der Waals surface area contributed by atoms with E-state index in [-0.39, 0.29) is 23.6 Å². The van der Waals surface area contributed by atoms with Crippen LogP contribution in [0.25, 0.3) is 0 Å². The van der Waals surface area contributed by atoms with Crippen molar-refractivity contribution in [2.45, 2.75) is 39.2 Å². The minimum absolute atomic E-state index is 0.104. The van der Waals surface area contributed by atoms with Gasteiger partial charge in [0.2, 0.25) is 11.8 Å². The van der Waals surface area contributed by atoms with Crippen molar-refractivity contribution in [3.63, 3.8) is 0 Å². The topological polar surface area (TPSA) is 78.5 Å². The van der Waals surface area contributed by atoms with Gasteiger partial charge in [-0.1, -0.05) is 18.5 Å². The first-order valence-electron chi connectivity index (χ1n) is 9.05. The number of nitrogens with zero attached hydrogens (tertiary/aromatic N) is 1. The van der Waals surface area contributed by atoms with Crippen LogP contribution < -0.4 is 10.6 Å². The second kappa shape index (κ2) is 9.57. The van der Waals surface area contributed by atoms with E-state index in [2.05, 4.69) is 10.6 Å². The fourth-order valence-electron chi connectivity index (χ4n) is 2.95. The summed E-state index contributed by atoms with van der Waals surface area (Å²) in [6, 6.07) is 6.15. The third kappa shape index (κ3) is 5.46. The van der Waals surface area contributed by atoms with E-state index in [0.29, 0.717) is 36.6 Å². The molecule has 0 aliphatic carbocycles. The summed E-state index contributed by atoms with van der Waals surface area (Å²) in [5.41, 5.74) is 0.558. The number of halogens is 1. The zero-order chi connectivity index (χ0) is 19.1. The van der Waals surface area contributed by atoms with Crippen LogP contribution in [-0.4, -0.2) is 48.3 Å². The SMILES string of the molecule is CCCNC(=O)[C@@H](C)NC(=O)[C@@H]1CCCN(C(=O)c2ccc(Cl)cc2)C1. The molecule has 0 radical (unpaired) electrons. The van der Waals surface area contributed by atoms with Crippen LogP contribution in [0.15, 0.2) is 24.3 Å². The number of hydrogen-bond donors (Lipinski definition) is 2. The van der Waals surface area contributed by atoms with E-state index in [1.54, 1.807) is 36.1 Å². The third-order valence-corrected chi connectivity index (χ3v) is 4.72. The van der Waals surface area contributed by atoms with Crippen LogP contribution in [0.5, 0.6) is 0 Å². The maximum absolute atomic E-state index is 12.6. The first-order chi connectivity index (χ1) is 12.4. The lowest BCUT2D eigenvalue weighted by Gasteiger charge is -2.32. The predicted octanol–water partition coefficient (Wildman–Crippen LogP) is 2.22. The van der Waals surface area contributed by atoms with Crippen molar-refractivity contribution in [3.05, 3.63) is 34.9 Å². The largest absolute Gasteiger partial charge is 0.354 e. The molecule has 142 valence electrons. The average Bonchev–Trinajstić information content (AvgIpc) is 2.66. The van der Waals surface area contributed by atoms with Crippen LogP contribution in [0.2, 0.25) is 5.02 Å². The Morgan fingerprint density at radius 3 is 2.62 bits per heavy atom. The minimum Gasteiger partial charge on any atom is -0.354 e. The van der Waals surface area contributed by atoms with Gasteiger partial charge in [0, 0.05) is 30.2 Å². The van der Waals surface area contributed by atoms with Crippen LogP contribution in [0.1, 0.15) is 43.5 Å². The molecule has 2 atom stereocenters. The molecule has 1 aliphatic rings. The van der Waals surface area contributed by atoms with Crippen LogP contribution in [0, 0.1) is 5.92 Å². The van der Waals surface area contributed by atoms with E-state index in [1.165, 1.54) is 0 Å². The average molecular weight is 380 g/mol. The summed E-state index contributed by atoms with van der Waals surface area (Å²) < 4.78 is 0. The van der Waals surface area contributed by atoms with Gasteiger partial charge in [0.15, 0.2) is 0 Å². The van der Waals surface area contributed by atoms with Crippen molar-refractivity contribution >= 4 is 29.3 Å². The van der Waals surface area contributed by atoms with Crippen LogP contribution in [0.3, 0.4) is 0 Å². The Balaban J connectivity index is 1.92. The normalized spacial score (nSPS) is 18.1. The quantitative estimate of drug-likeness (QED) is 0.795. The molecule has 1 fully saturated rings. The van der Waals surface area contributed by atoms with Crippen LogP contribution >= 0.6 is 11.6 Å². The van der Waals surface area contributed by atoms with Gasteiger partial charge in [-0.25, -0.2) is 0 Å². The summed E-state index contributed by atoms with van der Waals surface area (Å²) in [7, 11) is 0. The van der Waals surface area contributed by atoms with E-state index in [0.717, 1.165) is 12.8 Å². The van der Waals surface area contributed by atoms with E-state index in [4.69, 9.17) is 11.6 Å². The monoisotopic (exact) mass is 379 g/mol. The molecule has 1 aromatic rings. The number of benzene rings is 1. The van der Waals surface area contributed by atoms with Gasteiger partial charge in [-0.2, -0.15) is 0 Å². The zero-order valence-electron chi connectivity index (χ0n) is 15.3. The molecule has 2 rings (SSSR count). The standard InChI is InChI=1S/C19H26ClN3O3/c1-3-10-21-17(24)13(2)22-18(25)15-5-4-11-23(12-15)19(26)14-6-8-16(20)9-7-14/h6-9,13,15H,3-5,10-12H2,1-2H3,(H,21,24)(H,22,25)/t13-,15-/m1/s1. The molecule has 0 spiro atoms. The van der Waals surface area contributed by atoms with Crippen molar-refractivity contribution in [2.24, 2.45) is 5.92 Å². The highest BCUT2D eigenvalue weighted by Crippen LogP contribution is 2.20. The first-order valence-corrected chi connectivity index (χ1v) is 9.43. The number of rotatable bonds is 6. The molecule has 6 nitrogen and oxygen atoms in total. The maximum Gasteiger partial charge on any atom is 0.253 e. The van der Waals surface area contributed by atoms with Gasteiger partial charge in [-0.05, 0) is 50.5 Å². The van der Waals surface area contributed by atoms with E-state index >= 15 is 0 Å². The number of piperidine rings is 1. The Kier molecular flexibility index (Phi) is 7.45. The Morgan fingerprint density at radius 2 is 1.96 bits per heavy atom. The lowest BCUT2D eigenvalue weighted by atomic mass is 9.96. The number of carbonyl (C=O) groups is 3. The lowest BCUT2D eigenvalue weighted by Crippen LogP contribution is -2.50. The van der Waals surface area contributed by atoms with Gasteiger partial charge in [-0.15, -0.1) is 0 Å². The summed E-state index contributed by atoms with van der Waals surface area (Å²) in [4.78, 5) is 38.7. The molecule has 0 aromatic heterocycles. The van der Waals surface area contributed by atoms with Crippen molar-refractivity contribution < 1.29 is 14.4 Å². The Bertz CT molecular complexity index is 648.